The van der Waals surface area contributed by atoms with Crippen LogP contribution in [-0.2, 0) is 0 Å². The largest absolute Gasteiger partial charge is 0.208 e. The lowest BCUT2D eigenvalue weighted by atomic mass is 9.82. The Bertz CT molecular complexity index is 8200. The summed E-state index contributed by atoms with van der Waals surface area (Å²) in [6, 6.07) is 149. The third-order valence-electron chi connectivity index (χ3n) is 24.1. The number of aromatic nitrogens is 6. The summed E-state index contributed by atoms with van der Waals surface area (Å²) in [5, 5.41) is 9.52. The van der Waals surface area contributed by atoms with Gasteiger partial charge in [-0.15, -0.1) is 45.3 Å². The van der Waals surface area contributed by atoms with E-state index >= 15 is 0 Å². The highest BCUT2D eigenvalue weighted by molar-refractivity contribution is 7.27. The van der Waals surface area contributed by atoms with Gasteiger partial charge in [0.25, 0.3) is 0 Å². The van der Waals surface area contributed by atoms with Gasteiger partial charge in [-0.05, 0) is 161 Å². The number of fused-ring (bicyclic) bond motifs is 12. The Balaban J connectivity index is 0.626. The highest BCUT2D eigenvalue weighted by Gasteiger charge is 2.29. The molecule has 0 saturated carbocycles. The van der Waals surface area contributed by atoms with Crippen molar-refractivity contribution in [3.8, 4) is 168 Å². The fourth-order valence-corrected chi connectivity index (χ4v) is 23.1. The number of nitrogens with zero attached hydrogens (tertiary/aromatic N) is 6. The fourth-order valence-electron chi connectivity index (χ4n) is 18.2. The minimum atomic E-state index is 0.586. The summed E-state index contributed by atoms with van der Waals surface area (Å²) >= 11 is 7.15. The maximum atomic E-state index is 5.76. The van der Waals surface area contributed by atoms with Gasteiger partial charge in [0, 0.05) is 120 Å². The van der Waals surface area contributed by atoms with Crippen LogP contribution in [0, 0.1) is 0 Å². The minimum Gasteiger partial charge on any atom is -0.208 e. The number of rotatable bonds is 15. The van der Waals surface area contributed by atoms with Crippen LogP contribution in [0.25, 0.3) is 249 Å². The molecule has 0 aliphatic carbocycles. The van der Waals surface area contributed by atoms with E-state index in [4.69, 9.17) is 29.9 Å². The molecule has 0 N–H and O–H groups in total. The lowest BCUT2D eigenvalue weighted by Crippen LogP contribution is -2.03. The molecule has 0 atom stereocenters. The number of hydrogen-bond acceptors (Lipinski definition) is 10. The molecular formula is C114H68N6S4. The standard InChI is InChI=1S/C114H68N6S4/c1-6-28-69(29-7-1)79-66-96(75-34-12-4-13-35-75)104(114-119-112(93-48-25-44-88-83-40-19-22-52-99(83)122-106(88)93)118-113(120-114)94-49-26-45-89-84-41-20-23-53-100(84)123-107(89)94)97(67-79)76-60-58-71(59-61-76)70-54-56-72(57-55-70)78-62-63-85-90-46-27-50-95(108(90)124-101(85)68-78)111-116-109(115-110(117-111)92-47-24-43-87-82-39-18-21-51-98(82)121-105(87)92)91-65-64-81(74-32-10-3-11-33-74)102(77-36-14-5-15-37-77)103(91)86-42-17-16-38-80(86)73-30-8-2-9-31-73/h1-68H. The summed E-state index contributed by atoms with van der Waals surface area (Å²) in [6.45, 7) is 0. The maximum Gasteiger partial charge on any atom is 0.165 e. The first-order valence-corrected chi connectivity index (χ1v) is 44.9. The van der Waals surface area contributed by atoms with Gasteiger partial charge < -0.3 is 0 Å². The lowest BCUT2D eigenvalue weighted by Gasteiger charge is -2.22. The molecule has 124 heavy (non-hydrogen) atoms. The van der Waals surface area contributed by atoms with E-state index < -0.39 is 0 Å². The molecule has 0 fully saturated rings. The summed E-state index contributed by atoms with van der Waals surface area (Å²) in [6.07, 6.45) is 0. The molecule has 0 unspecified atom stereocenters. The SMILES string of the molecule is c1ccc(-c2cc(-c3ccccc3)c(-c3nc(-c4cccc5c4sc4ccccc45)nc(-c4cccc5c4sc4ccccc45)n3)c(-c3ccc(-c4ccc(-c5ccc6c(c5)sc5c(-c7nc(-c8ccc(-c9ccccc9)c(-c9ccccc9)c8-c8ccccc8-c8ccccc8)nc(-c8cccc9c8sc8ccccc89)n7)cccc56)cc4)cc3)c2)cc1. The molecule has 0 spiro atoms. The molecule has 24 aromatic rings. The van der Waals surface area contributed by atoms with Crippen LogP contribution >= 0.6 is 45.3 Å². The molecule has 10 heteroatoms. The van der Waals surface area contributed by atoms with E-state index in [2.05, 4.69) is 413 Å². The van der Waals surface area contributed by atoms with Crippen molar-refractivity contribution in [1.29, 1.82) is 0 Å². The lowest BCUT2D eigenvalue weighted by molar-refractivity contribution is 1.08. The van der Waals surface area contributed by atoms with Crippen molar-refractivity contribution in [2.75, 3.05) is 0 Å². The predicted molar refractivity (Wildman–Crippen MR) is 526 cm³/mol. The van der Waals surface area contributed by atoms with Crippen molar-refractivity contribution in [3.05, 3.63) is 413 Å². The smallest absolute Gasteiger partial charge is 0.165 e. The molecule has 578 valence electrons. The second-order valence-electron chi connectivity index (χ2n) is 31.3. The van der Waals surface area contributed by atoms with Gasteiger partial charge in [-0.25, -0.2) is 29.9 Å². The van der Waals surface area contributed by atoms with E-state index in [0.29, 0.717) is 34.9 Å². The monoisotopic (exact) mass is 1650 g/mol. The van der Waals surface area contributed by atoms with Crippen LogP contribution in [0.1, 0.15) is 0 Å². The van der Waals surface area contributed by atoms with Gasteiger partial charge in [0.15, 0.2) is 34.9 Å². The van der Waals surface area contributed by atoms with E-state index in [1.165, 1.54) is 56.5 Å². The van der Waals surface area contributed by atoms with Crippen LogP contribution in [-0.4, -0.2) is 29.9 Å². The Hall–Kier alpha value is -15.1. The van der Waals surface area contributed by atoms with Crippen molar-refractivity contribution in [1.82, 2.24) is 29.9 Å². The third kappa shape index (κ3) is 12.7. The van der Waals surface area contributed by atoms with Crippen molar-refractivity contribution < 1.29 is 0 Å². The third-order valence-corrected chi connectivity index (χ3v) is 29.0. The van der Waals surface area contributed by atoms with E-state index in [0.717, 1.165) is 158 Å². The molecule has 0 aliphatic rings. The number of benzene rings is 18. The Morgan fingerprint density at radius 1 is 0.129 bits per heavy atom. The molecule has 6 nitrogen and oxygen atoms in total. The Labute approximate surface area is 731 Å². The van der Waals surface area contributed by atoms with Gasteiger partial charge in [-0.2, -0.15) is 0 Å². The van der Waals surface area contributed by atoms with Crippen LogP contribution in [0.2, 0.25) is 0 Å². The van der Waals surface area contributed by atoms with Crippen LogP contribution in [0.3, 0.4) is 0 Å². The fraction of sp³-hybridized carbons (Fsp3) is 0. The number of thiophene rings is 4. The van der Waals surface area contributed by atoms with Crippen LogP contribution in [0.5, 0.6) is 0 Å². The summed E-state index contributed by atoms with van der Waals surface area (Å²) < 4.78 is 9.35. The zero-order chi connectivity index (χ0) is 81.7. The molecule has 0 amide bonds. The Morgan fingerprint density at radius 2 is 0.411 bits per heavy atom. The first kappa shape index (κ1) is 72.8. The number of hydrogen-bond donors (Lipinski definition) is 0. The van der Waals surface area contributed by atoms with Crippen molar-refractivity contribution >= 4 is 126 Å². The van der Waals surface area contributed by atoms with E-state index in [1.807, 2.05) is 0 Å². The molecule has 6 heterocycles. The molecular weight excluding hydrogens is 1580 g/mol. The normalized spacial score (nSPS) is 11.7. The van der Waals surface area contributed by atoms with Crippen molar-refractivity contribution in [3.63, 3.8) is 0 Å². The zero-order valence-corrected chi connectivity index (χ0v) is 69.8. The van der Waals surface area contributed by atoms with Crippen molar-refractivity contribution in [2.24, 2.45) is 0 Å². The minimum absolute atomic E-state index is 0.586. The van der Waals surface area contributed by atoms with Gasteiger partial charge in [-0.3, -0.25) is 0 Å². The first-order chi connectivity index (χ1) is 61.5. The molecule has 0 radical (unpaired) electrons. The first-order valence-electron chi connectivity index (χ1n) is 41.6. The van der Waals surface area contributed by atoms with Crippen LogP contribution in [0.4, 0.5) is 0 Å². The van der Waals surface area contributed by atoms with Gasteiger partial charge in [0.1, 0.15) is 0 Å². The maximum absolute atomic E-state index is 5.76. The summed E-state index contributed by atoms with van der Waals surface area (Å²) in [5.41, 5.74) is 25.2. The highest BCUT2D eigenvalue weighted by atomic mass is 32.1. The van der Waals surface area contributed by atoms with Gasteiger partial charge >= 0.3 is 0 Å². The highest BCUT2D eigenvalue weighted by Crippen LogP contribution is 2.52. The summed E-state index contributed by atoms with van der Waals surface area (Å²) in [4.78, 5) is 34.1. The summed E-state index contributed by atoms with van der Waals surface area (Å²) in [5.74, 6) is 3.64. The molecule has 0 aliphatic heterocycles. The van der Waals surface area contributed by atoms with E-state index in [9.17, 15) is 0 Å². The van der Waals surface area contributed by atoms with E-state index in [1.54, 1.807) is 45.3 Å². The van der Waals surface area contributed by atoms with E-state index in [-0.39, 0.29) is 0 Å². The van der Waals surface area contributed by atoms with Gasteiger partial charge in [0.05, 0.1) is 0 Å². The summed E-state index contributed by atoms with van der Waals surface area (Å²) in [7, 11) is 0. The molecule has 0 saturated heterocycles. The molecule has 0 bridgehead atoms. The Kier molecular flexibility index (Phi) is 17.9. The molecule has 6 aromatic heterocycles. The average Bonchev–Trinajstić information content (AvgIpc) is 1.10. The Morgan fingerprint density at radius 3 is 0.855 bits per heavy atom. The van der Waals surface area contributed by atoms with Gasteiger partial charge in [-0.1, -0.05) is 346 Å². The topological polar surface area (TPSA) is 77.3 Å². The quantitative estimate of drug-likeness (QED) is 0.102. The van der Waals surface area contributed by atoms with Crippen molar-refractivity contribution in [2.45, 2.75) is 0 Å². The second-order valence-corrected chi connectivity index (χ2v) is 35.5. The van der Waals surface area contributed by atoms with Crippen LogP contribution < -0.4 is 0 Å². The average molecular weight is 1650 g/mol. The predicted octanol–water partition coefficient (Wildman–Crippen LogP) is 32.5. The van der Waals surface area contributed by atoms with Gasteiger partial charge in [0.2, 0.25) is 0 Å². The second kappa shape index (κ2) is 30.5. The molecule has 18 aromatic carbocycles. The van der Waals surface area contributed by atoms with Crippen LogP contribution in [0.15, 0.2) is 413 Å². The molecule has 24 rings (SSSR count). The zero-order valence-electron chi connectivity index (χ0n) is 66.6.